The highest BCUT2D eigenvalue weighted by Gasteiger charge is 2.24. The van der Waals surface area contributed by atoms with E-state index in [1.165, 1.54) is 25.2 Å². The molecule has 0 fully saturated rings. The van der Waals surface area contributed by atoms with Gasteiger partial charge in [0, 0.05) is 18.2 Å². The van der Waals surface area contributed by atoms with Crippen LogP contribution in [0.15, 0.2) is 35.3 Å². The van der Waals surface area contributed by atoms with Crippen molar-refractivity contribution in [3.8, 4) is 22.9 Å². The molecular weight excluding hydrogens is 318 g/mol. The molecule has 0 radical (unpaired) electrons. The first-order valence-electron chi connectivity index (χ1n) is 6.64. The van der Waals surface area contributed by atoms with Crippen molar-refractivity contribution in [1.29, 1.82) is 5.26 Å². The van der Waals surface area contributed by atoms with Crippen molar-refractivity contribution in [1.82, 2.24) is 5.32 Å². The number of hydrogen-bond donors (Lipinski definition) is 3. The number of aliphatic imine (C=N–C) groups is 1. The number of aromatic hydroxyl groups is 1. The van der Waals surface area contributed by atoms with Gasteiger partial charge in [-0.3, -0.25) is 15.1 Å². The Morgan fingerprint density at radius 1 is 1.33 bits per heavy atom. The number of carbonyl (C=O) groups excluding carboxylic acids is 1. The normalized spacial score (nSPS) is 11.0. The summed E-state index contributed by atoms with van der Waals surface area (Å²) < 4.78 is 27.7. The number of halogens is 2. The van der Waals surface area contributed by atoms with Crippen LogP contribution in [0, 0.1) is 23.0 Å². The molecule has 0 unspecified atom stereocenters. The van der Waals surface area contributed by atoms with Gasteiger partial charge in [0.2, 0.25) is 0 Å². The molecule has 4 N–H and O–H groups in total. The van der Waals surface area contributed by atoms with E-state index in [4.69, 9.17) is 5.73 Å². The molecule has 0 aliphatic rings. The average Bonchev–Trinajstić information content (AvgIpc) is 2.56. The fourth-order valence-electron chi connectivity index (χ4n) is 2.13. The maximum Gasteiger partial charge on any atom is 0.262 e. The molecule has 24 heavy (non-hydrogen) atoms. The Balaban J connectivity index is 2.79. The van der Waals surface area contributed by atoms with Crippen LogP contribution < -0.4 is 11.1 Å². The van der Waals surface area contributed by atoms with Crippen LogP contribution in [-0.2, 0) is 0 Å². The molecule has 0 aliphatic heterocycles. The Bertz CT molecular complexity index is 888. The average molecular weight is 330 g/mol. The molecule has 0 atom stereocenters. The highest BCUT2D eigenvalue weighted by molar-refractivity contribution is 6.11. The number of rotatable bonds is 2. The molecule has 6 nitrogen and oxygen atoms in total. The van der Waals surface area contributed by atoms with Crippen molar-refractivity contribution in [2.24, 2.45) is 10.7 Å². The second kappa shape index (κ2) is 6.75. The van der Waals surface area contributed by atoms with E-state index in [1.807, 2.05) is 0 Å². The third-order valence-corrected chi connectivity index (χ3v) is 3.23. The van der Waals surface area contributed by atoms with Gasteiger partial charge in [-0.1, -0.05) is 12.1 Å². The van der Waals surface area contributed by atoms with Crippen molar-refractivity contribution < 1.29 is 18.7 Å². The summed E-state index contributed by atoms with van der Waals surface area (Å²) in [5.74, 6) is -4.07. The Morgan fingerprint density at radius 3 is 2.67 bits per heavy atom. The number of hydrogen-bond acceptors (Lipinski definition) is 4. The largest absolute Gasteiger partial charge is 0.507 e. The molecule has 2 aromatic carbocycles. The number of phenols is 1. The van der Waals surface area contributed by atoms with Crippen LogP contribution in [0.25, 0.3) is 11.1 Å². The van der Waals surface area contributed by atoms with Crippen LogP contribution in [0.5, 0.6) is 5.75 Å². The predicted molar refractivity (Wildman–Crippen MR) is 83.2 cm³/mol. The number of nitrogens with zero attached hydrogens (tertiary/aromatic N) is 2. The van der Waals surface area contributed by atoms with Crippen molar-refractivity contribution in [2.45, 2.75) is 0 Å². The molecule has 2 rings (SSSR count). The Kier molecular flexibility index (Phi) is 4.75. The minimum atomic E-state index is -1.24. The van der Waals surface area contributed by atoms with E-state index in [-0.39, 0.29) is 22.6 Å². The van der Waals surface area contributed by atoms with Gasteiger partial charge in [-0.15, -0.1) is 0 Å². The molecule has 0 aromatic heterocycles. The minimum Gasteiger partial charge on any atom is -0.507 e. The van der Waals surface area contributed by atoms with Gasteiger partial charge in [0.15, 0.2) is 17.6 Å². The SMILES string of the molecule is CN=C(N)NC(=O)c1c(O)ccc(C#N)c1-c1cccc(F)c1F. The number of phenolic OH excluding ortho intramolecular Hbond substituents is 1. The molecule has 0 spiro atoms. The third kappa shape index (κ3) is 3.01. The van der Waals surface area contributed by atoms with Gasteiger partial charge < -0.3 is 10.8 Å². The second-order valence-corrected chi connectivity index (χ2v) is 4.66. The van der Waals surface area contributed by atoms with E-state index in [0.717, 1.165) is 12.1 Å². The smallest absolute Gasteiger partial charge is 0.262 e. The number of nitrogens with one attached hydrogen (secondary N) is 1. The first-order valence-corrected chi connectivity index (χ1v) is 6.64. The van der Waals surface area contributed by atoms with Crippen LogP contribution in [0.2, 0.25) is 0 Å². The first-order chi connectivity index (χ1) is 11.4. The number of nitrogens with two attached hydrogens (primary N) is 1. The van der Waals surface area contributed by atoms with E-state index in [0.29, 0.717) is 0 Å². The van der Waals surface area contributed by atoms with Crippen molar-refractivity contribution in [3.05, 3.63) is 53.1 Å². The standard InChI is InChI=1S/C16H12F2N4O2/c1-21-16(20)22-15(24)13-11(23)6-5-8(7-19)12(13)9-3-2-4-10(17)14(9)18/h2-6,23H,1H3,(H3,20,21,22,24). The van der Waals surface area contributed by atoms with Crippen LogP contribution in [0.1, 0.15) is 15.9 Å². The third-order valence-electron chi connectivity index (χ3n) is 3.23. The van der Waals surface area contributed by atoms with E-state index in [2.05, 4.69) is 10.3 Å². The van der Waals surface area contributed by atoms with Gasteiger partial charge in [0.25, 0.3) is 5.91 Å². The second-order valence-electron chi connectivity index (χ2n) is 4.66. The van der Waals surface area contributed by atoms with Crippen LogP contribution in [0.3, 0.4) is 0 Å². The quantitative estimate of drug-likeness (QED) is 0.576. The lowest BCUT2D eigenvalue weighted by Gasteiger charge is -2.14. The molecule has 0 saturated carbocycles. The van der Waals surface area contributed by atoms with Crippen LogP contribution in [0.4, 0.5) is 8.78 Å². The first kappa shape index (κ1) is 16.9. The van der Waals surface area contributed by atoms with Crippen molar-refractivity contribution in [3.63, 3.8) is 0 Å². The van der Waals surface area contributed by atoms with E-state index in [1.54, 1.807) is 6.07 Å². The molecule has 8 heteroatoms. The van der Waals surface area contributed by atoms with Crippen molar-refractivity contribution in [2.75, 3.05) is 7.05 Å². The number of nitriles is 1. The van der Waals surface area contributed by atoms with Gasteiger partial charge in [-0.05, 0) is 18.2 Å². The Morgan fingerprint density at radius 2 is 2.04 bits per heavy atom. The van der Waals surface area contributed by atoms with Gasteiger partial charge in [-0.2, -0.15) is 5.26 Å². The zero-order valence-corrected chi connectivity index (χ0v) is 12.5. The maximum atomic E-state index is 14.2. The van der Waals surface area contributed by atoms with Gasteiger partial charge in [0.1, 0.15) is 5.75 Å². The van der Waals surface area contributed by atoms with E-state index < -0.39 is 28.9 Å². The van der Waals surface area contributed by atoms with Gasteiger partial charge in [0.05, 0.1) is 17.2 Å². The summed E-state index contributed by atoms with van der Waals surface area (Å²) in [5, 5.41) is 21.4. The molecular formula is C16H12F2N4O2. The molecule has 0 bridgehead atoms. The summed E-state index contributed by atoms with van der Waals surface area (Å²) in [5.41, 5.74) is 4.31. The predicted octanol–water partition coefficient (Wildman–Crippen LogP) is 1.88. The highest BCUT2D eigenvalue weighted by Crippen LogP contribution is 2.35. The number of carbonyl (C=O) groups is 1. The molecule has 2 aromatic rings. The highest BCUT2D eigenvalue weighted by atomic mass is 19.2. The maximum absolute atomic E-state index is 14.2. The van der Waals surface area contributed by atoms with E-state index in [9.17, 15) is 23.9 Å². The Hall–Kier alpha value is -3.47. The summed E-state index contributed by atoms with van der Waals surface area (Å²) >= 11 is 0. The van der Waals surface area contributed by atoms with Gasteiger partial charge in [-0.25, -0.2) is 8.78 Å². The summed E-state index contributed by atoms with van der Waals surface area (Å²) in [6.07, 6.45) is 0. The zero-order chi connectivity index (χ0) is 17.9. The summed E-state index contributed by atoms with van der Waals surface area (Å²) in [6.45, 7) is 0. The van der Waals surface area contributed by atoms with Crippen LogP contribution >= 0.6 is 0 Å². The van der Waals surface area contributed by atoms with Crippen LogP contribution in [-0.4, -0.2) is 24.0 Å². The van der Waals surface area contributed by atoms with E-state index >= 15 is 0 Å². The lowest BCUT2D eigenvalue weighted by atomic mass is 9.93. The zero-order valence-electron chi connectivity index (χ0n) is 12.5. The number of guanidine groups is 1. The monoisotopic (exact) mass is 330 g/mol. The topological polar surface area (TPSA) is 112 Å². The lowest BCUT2D eigenvalue weighted by Crippen LogP contribution is -2.37. The molecule has 122 valence electrons. The fourth-order valence-corrected chi connectivity index (χ4v) is 2.13. The summed E-state index contributed by atoms with van der Waals surface area (Å²) in [4.78, 5) is 15.9. The number of amides is 1. The summed E-state index contributed by atoms with van der Waals surface area (Å²) in [6, 6.07) is 7.41. The molecule has 0 saturated heterocycles. The minimum absolute atomic E-state index is 0.116. The molecule has 1 amide bonds. The Labute approximate surface area is 135 Å². The fraction of sp³-hybridized carbons (Fsp3) is 0.0625. The van der Waals surface area contributed by atoms with Gasteiger partial charge >= 0.3 is 0 Å². The molecule has 0 aliphatic carbocycles. The number of benzene rings is 2. The lowest BCUT2D eigenvalue weighted by molar-refractivity contribution is 0.0974. The molecule has 0 heterocycles. The summed E-state index contributed by atoms with van der Waals surface area (Å²) in [7, 11) is 1.33. The van der Waals surface area contributed by atoms with Crippen molar-refractivity contribution >= 4 is 11.9 Å².